The maximum absolute atomic E-state index is 7.28. The van der Waals surface area contributed by atoms with E-state index in [1.807, 2.05) is 0 Å². The zero-order valence-electron chi connectivity index (χ0n) is 26.1. The molecule has 0 atom stereocenters. The van der Waals surface area contributed by atoms with Crippen LogP contribution in [-0.4, -0.2) is 13.4 Å². The van der Waals surface area contributed by atoms with Gasteiger partial charge in [-0.1, -0.05) is 97.1 Å². The number of hydrogen-bond donors (Lipinski definition) is 0. The molecule has 1 aliphatic carbocycles. The summed E-state index contributed by atoms with van der Waals surface area (Å²) in [6.45, 7) is 0.00204. The molecule has 0 amide bonds. The monoisotopic (exact) mass is 614 g/mol. The Hall–Kier alpha value is -5.87. The van der Waals surface area contributed by atoms with E-state index in [0.29, 0.717) is 0 Å². The van der Waals surface area contributed by atoms with Gasteiger partial charge in [0.15, 0.2) is 0 Å². The molecule has 0 N–H and O–H groups in total. The first-order valence-corrected chi connectivity index (χ1v) is 16.8. The van der Waals surface area contributed by atoms with Gasteiger partial charge in [0.25, 0.3) is 13.4 Å². The number of para-hydroxylation sites is 5. The second-order valence-corrected chi connectivity index (χ2v) is 13.1. The molecule has 4 aliphatic heterocycles. The smallest absolute Gasteiger partial charge is 0.256 e. The van der Waals surface area contributed by atoms with Crippen LogP contribution in [0.2, 0.25) is 0 Å². The summed E-state index contributed by atoms with van der Waals surface area (Å²) in [6, 6.07) is 47.8. The molecule has 0 fully saturated rings. The van der Waals surface area contributed by atoms with Gasteiger partial charge in [0.1, 0.15) is 23.0 Å². The zero-order valence-corrected chi connectivity index (χ0v) is 26.1. The van der Waals surface area contributed by atoms with Crippen molar-refractivity contribution in [1.82, 2.24) is 0 Å². The molecule has 0 spiro atoms. The predicted molar refractivity (Wildman–Crippen MR) is 198 cm³/mol. The van der Waals surface area contributed by atoms with Gasteiger partial charge in [-0.25, -0.2) is 0 Å². The molecule has 6 heteroatoms. The van der Waals surface area contributed by atoms with Crippen molar-refractivity contribution < 1.29 is 9.47 Å². The van der Waals surface area contributed by atoms with Crippen LogP contribution in [0.5, 0.6) is 17.2 Å². The molecule has 4 heterocycles. The second-order valence-electron chi connectivity index (χ2n) is 13.1. The number of ether oxygens (including phenoxy) is 2. The number of nitrogens with zero attached hydrogens (tertiary/aromatic N) is 2. The van der Waals surface area contributed by atoms with Crippen molar-refractivity contribution in [2.45, 2.75) is 12.8 Å². The second kappa shape index (κ2) is 9.82. The van der Waals surface area contributed by atoms with E-state index in [1.165, 1.54) is 33.0 Å². The minimum absolute atomic E-state index is 0.0354. The summed E-state index contributed by atoms with van der Waals surface area (Å²) in [6.07, 6.45) is 6.42. The molecule has 0 aromatic heterocycles. The van der Waals surface area contributed by atoms with Crippen LogP contribution >= 0.6 is 0 Å². The first-order valence-electron chi connectivity index (χ1n) is 16.8. The summed E-state index contributed by atoms with van der Waals surface area (Å²) in [4.78, 5) is 4.84. The maximum atomic E-state index is 7.28. The van der Waals surface area contributed by atoms with Gasteiger partial charge in [-0.2, -0.15) is 0 Å². The van der Waals surface area contributed by atoms with Crippen molar-refractivity contribution in [3.63, 3.8) is 0 Å². The average molecular weight is 614 g/mol. The maximum Gasteiger partial charge on any atom is 0.256 e. The SMILES string of the molecule is C1=CC2=C(CC1)B1c3ccccc3N(c3ccccc3)c3c4c5c(c(c31)O2)N(c1ccccc1)c1ccccc1B5c1ccccc1O4. The topological polar surface area (TPSA) is 24.9 Å². The fourth-order valence-electron chi connectivity index (χ4n) is 8.78. The summed E-state index contributed by atoms with van der Waals surface area (Å²) in [7, 11) is 0. The minimum Gasteiger partial charge on any atom is -0.457 e. The molecule has 0 unspecified atom stereocenters. The highest BCUT2D eigenvalue weighted by Gasteiger charge is 2.52. The van der Waals surface area contributed by atoms with Crippen molar-refractivity contribution in [2.24, 2.45) is 0 Å². The first kappa shape index (κ1) is 26.2. The fraction of sp³-hybridized carbons (Fsp3) is 0.0476. The normalized spacial score (nSPS) is 15.8. The highest BCUT2D eigenvalue weighted by atomic mass is 16.5. The summed E-state index contributed by atoms with van der Waals surface area (Å²) in [5, 5.41) is 0. The van der Waals surface area contributed by atoms with Crippen molar-refractivity contribution in [2.75, 3.05) is 9.80 Å². The molecule has 6 aromatic rings. The fourth-order valence-corrected chi connectivity index (χ4v) is 8.78. The van der Waals surface area contributed by atoms with Gasteiger partial charge >= 0.3 is 0 Å². The largest absolute Gasteiger partial charge is 0.457 e. The van der Waals surface area contributed by atoms with E-state index < -0.39 is 0 Å². The van der Waals surface area contributed by atoms with Crippen molar-refractivity contribution in [1.29, 1.82) is 0 Å². The van der Waals surface area contributed by atoms with E-state index in [0.717, 1.165) is 69.7 Å². The van der Waals surface area contributed by atoms with E-state index in [9.17, 15) is 0 Å². The van der Waals surface area contributed by atoms with Gasteiger partial charge in [-0.15, -0.1) is 0 Å². The Morgan fingerprint density at radius 2 is 1.02 bits per heavy atom. The van der Waals surface area contributed by atoms with Gasteiger partial charge in [0, 0.05) is 33.7 Å². The molecule has 11 rings (SSSR count). The third kappa shape index (κ3) is 3.42. The number of rotatable bonds is 2. The predicted octanol–water partition coefficient (Wildman–Crippen LogP) is 7.02. The van der Waals surface area contributed by atoms with E-state index in [4.69, 9.17) is 9.47 Å². The van der Waals surface area contributed by atoms with E-state index in [2.05, 4.69) is 155 Å². The zero-order chi connectivity index (χ0) is 31.3. The Morgan fingerprint density at radius 1 is 0.500 bits per heavy atom. The summed E-state index contributed by atoms with van der Waals surface area (Å²) in [5.41, 5.74) is 14.1. The van der Waals surface area contributed by atoms with Crippen molar-refractivity contribution >= 4 is 74.9 Å². The molecule has 0 saturated heterocycles. The lowest BCUT2D eigenvalue weighted by atomic mass is 9.30. The Bertz CT molecular complexity index is 2390. The summed E-state index contributed by atoms with van der Waals surface area (Å²) in [5.74, 6) is 3.70. The van der Waals surface area contributed by atoms with Crippen LogP contribution in [0, 0.1) is 0 Å². The van der Waals surface area contributed by atoms with Crippen LogP contribution in [0.4, 0.5) is 34.1 Å². The molecule has 48 heavy (non-hydrogen) atoms. The Kier molecular flexibility index (Phi) is 5.37. The molecular weight excluding hydrogens is 586 g/mol. The Balaban J connectivity index is 1.34. The lowest BCUT2D eigenvalue weighted by Gasteiger charge is -2.47. The van der Waals surface area contributed by atoms with Gasteiger partial charge in [0.05, 0.1) is 11.4 Å². The van der Waals surface area contributed by atoms with E-state index >= 15 is 0 Å². The quantitative estimate of drug-likeness (QED) is 0.196. The molecule has 224 valence electrons. The van der Waals surface area contributed by atoms with Gasteiger partial charge in [0.2, 0.25) is 0 Å². The van der Waals surface area contributed by atoms with Crippen LogP contribution in [-0.2, 0) is 0 Å². The van der Waals surface area contributed by atoms with Crippen LogP contribution in [0.15, 0.2) is 157 Å². The minimum atomic E-state index is -0.0354. The van der Waals surface area contributed by atoms with Crippen molar-refractivity contribution in [3.05, 3.63) is 157 Å². The van der Waals surface area contributed by atoms with Crippen LogP contribution < -0.4 is 46.6 Å². The lowest BCUT2D eigenvalue weighted by molar-refractivity contribution is 0.435. The highest BCUT2D eigenvalue weighted by molar-refractivity contribution is 7.00. The van der Waals surface area contributed by atoms with Crippen molar-refractivity contribution in [3.8, 4) is 17.2 Å². The Labute approximate surface area is 280 Å². The molecule has 0 bridgehead atoms. The molecule has 0 radical (unpaired) electrons. The number of benzene rings is 6. The summed E-state index contributed by atoms with van der Waals surface area (Å²) < 4.78 is 14.5. The van der Waals surface area contributed by atoms with Gasteiger partial charge < -0.3 is 19.3 Å². The van der Waals surface area contributed by atoms with Crippen LogP contribution in [0.3, 0.4) is 0 Å². The number of hydrogen-bond acceptors (Lipinski definition) is 4. The van der Waals surface area contributed by atoms with Gasteiger partial charge in [-0.05, 0) is 83.2 Å². The number of anilines is 6. The molecule has 6 aromatic carbocycles. The average Bonchev–Trinajstić information content (AvgIpc) is 3.16. The molecular formula is C42H28B2N2O2. The Morgan fingerprint density at radius 3 is 1.69 bits per heavy atom. The molecule has 4 nitrogen and oxygen atoms in total. The highest BCUT2D eigenvalue weighted by Crippen LogP contribution is 2.54. The van der Waals surface area contributed by atoms with Crippen LogP contribution in [0.1, 0.15) is 12.8 Å². The first-order chi connectivity index (χ1) is 23.9. The number of allylic oxidation sites excluding steroid dienone is 3. The third-order valence-electron chi connectivity index (χ3n) is 10.6. The molecule has 0 saturated carbocycles. The third-order valence-corrected chi connectivity index (χ3v) is 10.6. The van der Waals surface area contributed by atoms with E-state index in [1.54, 1.807) is 0 Å². The standard InChI is InChI=1S/C42H28B2N2O2/c1-3-15-27(16-4-1)45-33-23-11-7-19-29(33)43-31-21-9-14-26-36(31)48-42-37(43)39(45)41-38-40(42)46(28-17-5-2-6-18-28)34-24-12-8-20-30(34)44(38)32-22-10-13-25-35(32)47-41/h1-9,11-21,23-26H,10,22H2. The van der Waals surface area contributed by atoms with E-state index in [-0.39, 0.29) is 13.4 Å². The van der Waals surface area contributed by atoms with Gasteiger partial charge in [-0.3, -0.25) is 0 Å². The van der Waals surface area contributed by atoms with Crippen LogP contribution in [0.25, 0.3) is 0 Å². The number of fused-ring (bicyclic) bond motifs is 9. The lowest BCUT2D eigenvalue weighted by Crippen LogP contribution is -2.62. The summed E-state index contributed by atoms with van der Waals surface area (Å²) >= 11 is 0. The molecule has 5 aliphatic rings.